The van der Waals surface area contributed by atoms with E-state index in [9.17, 15) is 4.79 Å². The van der Waals surface area contributed by atoms with Gasteiger partial charge in [0, 0.05) is 19.2 Å². The Bertz CT molecular complexity index is 267. The minimum absolute atomic E-state index is 0.0283. The molecule has 2 aliphatic rings. The summed E-state index contributed by atoms with van der Waals surface area (Å²) in [4.78, 5) is 13.5. The molecule has 0 spiro atoms. The lowest BCUT2D eigenvalue weighted by molar-refractivity contribution is -0.121. The number of fused-ring (bicyclic) bond motifs is 1. The Balaban J connectivity index is 2.03. The van der Waals surface area contributed by atoms with Gasteiger partial charge in [0.1, 0.15) is 0 Å². The van der Waals surface area contributed by atoms with Gasteiger partial charge in [-0.2, -0.15) is 0 Å². The lowest BCUT2D eigenvalue weighted by Gasteiger charge is -2.23. The van der Waals surface area contributed by atoms with Gasteiger partial charge in [-0.05, 0) is 12.8 Å². The van der Waals surface area contributed by atoms with Crippen LogP contribution in [0.4, 0.5) is 0 Å². The van der Waals surface area contributed by atoms with Crippen LogP contribution in [0.3, 0.4) is 0 Å². The van der Waals surface area contributed by atoms with Crippen LogP contribution in [0, 0.1) is 0 Å². The predicted octanol–water partition coefficient (Wildman–Crippen LogP) is 0.767. The summed E-state index contributed by atoms with van der Waals surface area (Å²) in [5.41, 5.74) is 5.74. The molecule has 0 aromatic rings. The van der Waals surface area contributed by atoms with Crippen LogP contribution in [0.15, 0.2) is 11.2 Å². The molecule has 0 radical (unpaired) electrons. The summed E-state index contributed by atoms with van der Waals surface area (Å²) in [6, 6.07) is 0. The Morgan fingerprint density at radius 2 is 2.36 bits per heavy atom. The van der Waals surface area contributed by atoms with E-state index in [0.29, 0.717) is 6.42 Å². The van der Waals surface area contributed by atoms with Gasteiger partial charge in [0.25, 0.3) is 0 Å². The normalized spacial score (nSPS) is 28.3. The highest BCUT2D eigenvalue weighted by Crippen LogP contribution is 2.28. The summed E-state index contributed by atoms with van der Waals surface area (Å²) in [6.45, 7) is 0.985. The van der Waals surface area contributed by atoms with E-state index in [1.165, 1.54) is 11.8 Å². The molecule has 1 amide bonds. The van der Waals surface area contributed by atoms with E-state index in [0.717, 1.165) is 30.8 Å². The summed E-state index contributed by atoms with van der Waals surface area (Å²) in [5.74, 6) is 0.137. The number of carbonyl (C=O) groups is 1. The molecule has 0 saturated carbocycles. The summed E-state index contributed by atoms with van der Waals surface area (Å²) in [5, 5.41) is 3.76. The molecule has 78 valence electrons. The van der Waals surface area contributed by atoms with Crippen molar-refractivity contribution in [2.75, 3.05) is 6.54 Å². The van der Waals surface area contributed by atoms with Crippen molar-refractivity contribution in [3.05, 3.63) is 11.2 Å². The zero-order chi connectivity index (χ0) is 9.97. The third kappa shape index (κ3) is 2.15. The molecular formula is C9H15N3OS. The monoisotopic (exact) mass is 213 g/mol. The zero-order valence-corrected chi connectivity index (χ0v) is 8.85. The first-order valence-corrected chi connectivity index (χ1v) is 5.83. The lowest BCUT2D eigenvalue weighted by atomic mass is 10.2. The molecule has 2 heterocycles. The van der Waals surface area contributed by atoms with E-state index in [4.69, 9.17) is 5.73 Å². The third-order valence-electron chi connectivity index (χ3n) is 2.45. The van der Waals surface area contributed by atoms with Crippen molar-refractivity contribution in [3.8, 4) is 0 Å². The van der Waals surface area contributed by atoms with Gasteiger partial charge in [0.05, 0.1) is 5.03 Å². The maximum Gasteiger partial charge on any atom is 0.222 e. The molecule has 0 aromatic carbocycles. The Kier molecular flexibility index (Phi) is 2.86. The second-order valence-corrected chi connectivity index (χ2v) is 4.77. The van der Waals surface area contributed by atoms with E-state index < -0.39 is 0 Å². The van der Waals surface area contributed by atoms with Crippen LogP contribution in [-0.2, 0) is 4.79 Å². The second kappa shape index (κ2) is 4.13. The van der Waals surface area contributed by atoms with Gasteiger partial charge in [-0.3, -0.25) is 4.79 Å². The first-order chi connectivity index (χ1) is 6.75. The maximum absolute atomic E-state index is 11.4. The standard InChI is InChI=1S/C9H15N3OS/c10-7-6-12-5-3-1-2-4-8(13)11-9(12)14-7/h6,9H,1-5,10H2,(H,11,13). The molecular weight excluding hydrogens is 198 g/mol. The van der Waals surface area contributed by atoms with E-state index in [-0.39, 0.29) is 11.4 Å². The van der Waals surface area contributed by atoms with Crippen LogP contribution in [0.2, 0.25) is 0 Å². The Morgan fingerprint density at radius 3 is 3.21 bits per heavy atom. The number of nitrogens with two attached hydrogens (primary N) is 1. The van der Waals surface area contributed by atoms with Gasteiger partial charge < -0.3 is 16.0 Å². The van der Waals surface area contributed by atoms with Crippen LogP contribution in [0.5, 0.6) is 0 Å². The molecule has 0 aliphatic carbocycles. The Hall–Kier alpha value is -0.840. The van der Waals surface area contributed by atoms with Crippen LogP contribution in [-0.4, -0.2) is 22.8 Å². The van der Waals surface area contributed by atoms with Gasteiger partial charge in [0.2, 0.25) is 5.91 Å². The van der Waals surface area contributed by atoms with Gasteiger partial charge in [-0.25, -0.2) is 0 Å². The first-order valence-electron chi connectivity index (χ1n) is 4.95. The fourth-order valence-electron chi connectivity index (χ4n) is 1.72. The van der Waals surface area contributed by atoms with Crippen LogP contribution in [0.1, 0.15) is 25.7 Å². The summed E-state index contributed by atoms with van der Waals surface area (Å²) >= 11 is 1.52. The average Bonchev–Trinajstić information content (AvgIpc) is 2.47. The molecule has 2 aliphatic heterocycles. The molecule has 1 saturated heterocycles. The molecule has 0 aromatic heterocycles. The highest BCUT2D eigenvalue weighted by molar-refractivity contribution is 8.03. The number of nitrogens with zero attached hydrogens (tertiary/aromatic N) is 1. The number of amides is 1. The van der Waals surface area contributed by atoms with Crippen molar-refractivity contribution < 1.29 is 4.79 Å². The fraction of sp³-hybridized carbons (Fsp3) is 0.667. The van der Waals surface area contributed by atoms with E-state index in [1.54, 1.807) is 0 Å². The SMILES string of the molecule is NC1=CN2CCCCCC(=O)NC2S1. The predicted molar refractivity (Wildman–Crippen MR) is 57.0 cm³/mol. The van der Waals surface area contributed by atoms with Gasteiger partial charge >= 0.3 is 0 Å². The lowest BCUT2D eigenvalue weighted by Crippen LogP contribution is -2.41. The maximum atomic E-state index is 11.4. The number of nitrogens with one attached hydrogen (secondary N) is 1. The number of thioether (sulfide) groups is 1. The average molecular weight is 213 g/mol. The first kappa shape index (κ1) is 9.71. The van der Waals surface area contributed by atoms with Gasteiger partial charge in [-0.1, -0.05) is 18.2 Å². The molecule has 5 heteroatoms. The molecule has 2 rings (SSSR count). The van der Waals surface area contributed by atoms with Gasteiger partial charge in [0.15, 0.2) is 5.50 Å². The molecule has 0 bridgehead atoms. The number of hydrogen-bond acceptors (Lipinski definition) is 4. The molecule has 14 heavy (non-hydrogen) atoms. The number of hydrogen-bond donors (Lipinski definition) is 2. The quantitative estimate of drug-likeness (QED) is 0.624. The minimum atomic E-state index is 0.0283. The van der Waals surface area contributed by atoms with E-state index >= 15 is 0 Å². The smallest absolute Gasteiger partial charge is 0.222 e. The molecule has 1 fully saturated rings. The van der Waals surface area contributed by atoms with Crippen LogP contribution in [0.25, 0.3) is 0 Å². The molecule has 1 atom stereocenters. The fourth-order valence-corrected chi connectivity index (χ4v) is 2.67. The van der Waals surface area contributed by atoms with E-state index in [2.05, 4.69) is 10.2 Å². The Labute approximate surface area is 87.9 Å². The van der Waals surface area contributed by atoms with Crippen LogP contribution < -0.4 is 11.1 Å². The number of carbonyl (C=O) groups excluding carboxylic acids is 1. The largest absolute Gasteiger partial charge is 0.392 e. The van der Waals surface area contributed by atoms with E-state index in [1.807, 2.05) is 6.20 Å². The van der Waals surface area contributed by atoms with Crippen molar-refractivity contribution in [1.29, 1.82) is 0 Å². The van der Waals surface area contributed by atoms with Crippen molar-refractivity contribution in [1.82, 2.24) is 10.2 Å². The summed E-state index contributed by atoms with van der Waals surface area (Å²) in [6.07, 6.45) is 5.83. The highest BCUT2D eigenvalue weighted by Gasteiger charge is 2.25. The zero-order valence-electron chi connectivity index (χ0n) is 8.03. The van der Waals surface area contributed by atoms with Crippen molar-refractivity contribution in [2.24, 2.45) is 5.73 Å². The second-order valence-electron chi connectivity index (χ2n) is 3.62. The van der Waals surface area contributed by atoms with Crippen molar-refractivity contribution >= 4 is 17.7 Å². The van der Waals surface area contributed by atoms with Crippen molar-refractivity contribution in [3.63, 3.8) is 0 Å². The van der Waals surface area contributed by atoms with Gasteiger partial charge in [-0.15, -0.1) is 0 Å². The highest BCUT2D eigenvalue weighted by atomic mass is 32.2. The topological polar surface area (TPSA) is 58.4 Å². The van der Waals surface area contributed by atoms with Crippen molar-refractivity contribution in [2.45, 2.75) is 31.2 Å². The molecule has 1 unspecified atom stereocenters. The molecule has 4 nitrogen and oxygen atoms in total. The minimum Gasteiger partial charge on any atom is -0.392 e. The van der Waals surface area contributed by atoms with Crippen LogP contribution >= 0.6 is 11.8 Å². The Morgan fingerprint density at radius 1 is 1.50 bits per heavy atom. The number of rotatable bonds is 0. The summed E-state index contributed by atoms with van der Waals surface area (Å²) < 4.78 is 0. The third-order valence-corrected chi connectivity index (χ3v) is 3.44. The molecule has 3 N–H and O–H groups in total. The summed E-state index contributed by atoms with van der Waals surface area (Å²) in [7, 11) is 0.